The van der Waals surface area contributed by atoms with Gasteiger partial charge in [-0.05, 0) is 42.5 Å². The Bertz CT molecular complexity index is 723. The second-order valence-corrected chi connectivity index (χ2v) is 4.16. The average Bonchev–Trinajstić information content (AvgIpc) is 2.90. The largest absolute Gasteiger partial charge is 0.454 e. The van der Waals surface area contributed by atoms with Crippen LogP contribution in [0.3, 0.4) is 0 Å². The fraction of sp³-hybridized carbons (Fsp3) is 0. The Labute approximate surface area is 114 Å². The third-order valence-corrected chi connectivity index (χ3v) is 2.68. The van der Waals surface area contributed by atoms with Crippen LogP contribution < -0.4 is 4.74 Å². The van der Waals surface area contributed by atoms with Gasteiger partial charge in [0.05, 0.1) is 18.1 Å². The van der Waals surface area contributed by atoms with Gasteiger partial charge in [-0.3, -0.25) is 0 Å². The molecule has 3 nitrogen and oxygen atoms in total. The van der Waals surface area contributed by atoms with E-state index in [9.17, 15) is 8.78 Å². The molecule has 0 aliphatic heterocycles. The molecule has 0 atom stereocenters. The zero-order valence-electron chi connectivity index (χ0n) is 10.3. The summed E-state index contributed by atoms with van der Waals surface area (Å²) in [6, 6.07) is 11.7. The van der Waals surface area contributed by atoms with Crippen molar-refractivity contribution in [3.63, 3.8) is 0 Å². The topological polar surface area (TPSA) is 27.1 Å². The van der Waals surface area contributed by atoms with Crippen molar-refractivity contribution < 1.29 is 13.5 Å². The van der Waals surface area contributed by atoms with Gasteiger partial charge in [-0.2, -0.15) is 5.10 Å². The fourth-order valence-electron chi connectivity index (χ4n) is 1.76. The van der Waals surface area contributed by atoms with E-state index in [-0.39, 0.29) is 11.6 Å². The molecule has 0 N–H and O–H groups in total. The molecule has 0 aliphatic rings. The minimum atomic E-state index is -0.334. The minimum Gasteiger partial charge on any atom is -0.454 e. The van der Waals surface area contributed by atoms with Crippen molar-refractivity contribution in [2.45, 2.75) is 0 Å². The number of hydrogen-bond donors (Lipinski definition) is 0. The van der Waals surface area contributed by atoms with Gasteiger partial charge in [-0.15, -0.1) is 0 Å². The van der Waals surface area contributed by atoms with Crippen LogP contribution >= 0.6 is 0 Å². The Morgan fingerprint density at radius 3 is 2.45 bits per heavy atom. The van der Waals surface area contributed by atoms with E-state index >= 15 is 0 Å². The summed E-state index contributed by atoms with van der Waals surface area (Å²) in [7, 11) is 0. The van der Waals surface area contributed by atoms with Crippen molar-refractivity contribution in [2.75, 3.05) is 0 Å². The molecular formula is C15H10F2N2O. The molecule has 0 saturated carbocycles. The summed E-state index contributed by atoms with van der Waals surface area (Å²) in [5.74, 6) is 0.331. The molecule has 20 heavy (non-hydrogen) atoms. The van der Waals surface area contributed by atoms with Crippen LogP contribution in [0.1, 0.15) is 0 Å². The van der Waals surface area contributed by atoms with Gasteiger partial charge in [-0.1, -0.05) is 6.07 Å². The highest BCUT2D eigenvalue weighted by molar-refractivity contribution is 5.34. The number of halogens is 2. The third kappa shape index (κ3) is 2.66. The highest BCUT2D eigenvalue weighted by atomic mass is 19.1. The molecule has 1 heterocycles. The first-order chi connectivity index (χ1) is 9.70. The number of aromatic nitrogens is 2. The molecule has 100 valence electrons. The lowest BCUT2D eigenvalue weighted by atomic mass is 10.3. The predicted molar refractivity (Wildman–Crippen MR) is 70.0 cm³/mol. The Morgan fingerprint density at radius 1 is 0.900 bits per heavy atom. The fourth-order valence-corrected chi connectivity index (χ4v) is 1.76. The molecule has 0 amide bonds. The van der Waals surface area contributed by atoms with Crippen LogP contribution in [0, 0.1) is 11.6 Å². The standard InChI is InChI=1S/C15H10F2N2O/c16-11-4-6-14(7-5-11)20-15-9-18-19(10-15)13-3-1-2-12(17)8-13/h1-10H. The zero-order valence-corrected chi connectivity index (χ0v) is 10.3. The number of benzene rings is 2. The lowest BCUT2D eigenvalue weighted by Gasteiger charge is -2.02. The molecule has 3 aromatic rings. The van der Waals surface area contributed by atoms with E-state index in [0.717, 1.165) is 0 Å². The maximum atomic E-state index is 13.1. The molecule has 0 fully saturated rings. The second-order valence-electron chi connectivity index (χ2n) is 4.16. The lowest BCUT2D eigenvalue weighted by Crippen LogP contribution is -1.94. The zero-order chi connectivity index (χ0) is 13.9. The van der Waals surface area contributed by atoms with Gasteiger partial charge in [0.1, 0.15) is 17.4 Å². The first-order valence-electron chi connectivity index (χ1n) is 5.95. The van der Waals surface area contributed by atoms with E-state index in [0.29, 0.717) is 17.2 Å². The summed E-state index contributed by atoms with van der Waals surface area (Å²) < 4.78 is 32.9. The highest BCUT2D eigenvalue weighted by Gasteiger charge is 2.04. The minimum absolute atomic E-state index is 0.326. The van der Waals surface area contributed by atoms with E-state index in [1.807, 2.05) is 0 Å². The van der Waals surface area contributed by atoms with Gasteiger partial charge in [-0.25, -0.2) is 13.5 Å². The van der Waals surface area contributed by atoms with Gasteiger partial charge in [0.2, 0.25) is 0 Å². The Hall–Kier alpha value is -2.69. The van der Waals surface area contributed by atoms with Crippen LogP contribution in [0.5, 0.6) is 11.5 Å². The SMILES string of the molecule is Fc1ccc(Oc2cnn(-c3cccc(F)c3)c2)cc1. The quantitative estimate of drug-likeness (QED) is 0.722. The van der Waals surface area contributed by atoms with Crippen molar-refractivity contribution in [3.8, 4) is 17.2 Å². The molecule has 3 rings (SSSR count). The first-order valence-corrected chi connectivity index (χ1v) is 5.95. The number of ether oxygens (including phenoxy) is 1. The predicted octanol–water partition coefficient (Wildman–Crippen LogP) is 3.94. The van der Waals surface area contributed by atoms with Crippen molar-refractivity contribution in [1.82, 2.24) is 9.78 Å². The molecular weight excluding hydrogens is 262 g/mol. The molecule has 0 aliphatic carbocycles. The summed E-state index contributed by atoms with van der Waals surface area (Å²) in [6.07, 6.45) is 3.13. The number of nitrogens with zero attached hydrogens (tertiary/aromatic N) is 2. The second kappa shape index (κ2) is 5.13. The van der Waals surface area contributed by atoms with E-state index in [1.54, 1.807) is 18.3 Å². The molecule has 0 radical (unpaired) electrons. The average molecular weight is 272 g/mol. The Morgan fingerprint density at radius 2 is 1.70 bits per heavy atom. The Balaban J connectivity index is 1.82. The lowest BCUT2D eigenvalue weighted by molar-refractivity contribution is 0.480. The van der Waals surface area contributed by atoms with Crippen LogP contribution in [-0.2, 0) is 0 Å². The molecule has 2 aromatic carbocycles. The van der Waals surface area contributed by atoms with E-state index in [4.69, 9.17) is 4.74 Å². The van der Waals surface area contributed by atoms with Crippen LogP contribution in [0.4, 0.5) is 8.78 Å². The number of rotatable bonds is 3. The molecule has 0 saturated heterocycles. The van der Waals surface area contributed by atoms with Crippen molar-refractivity contribution in [3.05, 3.63) is 72.6 Å². The smallest absolute Gasteiger partial charge is 0.165 e. The van der Waals surface area contributed by atoms with Gasteiger partial charge in [0.15, 0.2) is 5.75 Å². The summed E-state index contributed by atoms with van der Waals surface area (Å²) in [5.41, 5.74) is 0.596. The van der Waals surface area contributed by atoms with E-state index in [1.165, 1.54) is 47.3 Å². The molecule has 0 unspecified atom stereocenters. The van der Waals surface area contributed by atoms with Crippen molar-refractivity contribution >= 4 is 0 Å². The Kier molecular flexibility index (Phi) is 3.16. The van der Waals surface area contributed by atoms with Crippen molar-refractivity contribution in [2.24, 2.45) is 0 Å². The molecule has 5 heteroatoms. The highest BCUT2D eigenvalue weighted by Crippen LogP contribution is 2.22. The maximum absolute atomic E-state index is 13.1. The van der Waals surface area contributed by atoms with E-state index < -0.39 is 0 Å². The maximum Gasteiger partial charge on any atom is 0.165 e. The van der Waals surface area contributed by atoms with Crippen molar-refractivity contribution in [1.29, 1.82) is 0 Å². The van der Waals surface area contributed by atoms with E-state index in [2.05, 4.69) is 5.10 Å². The summed E-state index contributed by atoms with van der Waals surface area (Å²) in [5, 5.41) is 4.09. The van der Waals surface area contributed by atoms with Crippen LogP contribution in [0.2, 0.25) is 0 Å². The summed E-state index contributed by atoms with van der Waals surface area (Å²) in [4.78, 5) is 0. The van der Waals surface area contributed by atoms with Gasteiger partial charge in [0, 0.05) is 0 Å². The summed E-state index contributed by atoms with van der Waals surface area (Å²) in [6.45, 7) is 0. The molecule has 1 aromatic heterocycles. The summed E-state index contributed by atoms with van der Waals surface area (Å²) >= 11 is 0. The monoisotopic (exact) mass is 272 g/mol. The normalized spacial score (nSPS) is 10.5. The van der Waals surface area contributed by atoms with Gasteiger partial charge >= 0.3 is 0 Å². The van der Waals surface area contributed by atoms with Crippen LogP contribution in [-0.4, -0.2) is 9.78 Å². The first kappa shape index (κ1) is 12.3. The molecule has 0 spiro atoms. The molecule has 0 bridgehead atoms. The van der Waals surface area contributed by atoms with Crippen LogP contribution in [0.15, 0.2) is 60.9 Å². The van der Waals surface area contributed by atoms with Gasteiger partial charge in [0.25, 0.3) is 0 Å². The van der Waals surface area contributed by atoms with Gasteiger partial charge < -0.3 is 4.74 Å². The van der Waals surface area contributed by atoms with Crippen LogP contribution in [0.25, 0.3) is 5.69 Å². The number of hydrogen-bond acceptors (Lipinski definition) is 2. The third-order valence-electron chi connectivity index (χ3n) is 2.68.